The van der Waals surface area contributed by atoms with Crippen LogP contribution in [-0.2, 0) is 53.2 Å². The van der Waals surface area contributed by atoms with Crippen LogP contribution in [0, 0.1) is 35.1 Å². The van der Waals surface area contributed by atoms with Crippen molar-refractivity contribution in [3.05, 3.63) is 120 Å². The fraction of sp³-hybridized carbons (Fsp3) is 0.190. The number of hydrogen-bond acceptors (Lipinski definition) is 6. The number of carbonyl (C=O) groups is 1. The maximum atomic E-state index is 10.9. The molecule has 0 saturated heterocycles. The number of esters is 1. The first-order chi connectivity index (χ1) is 12.8. The summed E-state index contributed by atoms with van der Waals surface area (Å²) in [7, 11) is 1.78. The van der Waals surface area contributed by atoms with Crippen molar-refractivity contribution in [1.82, 2.24) is 0 Å². The summed E-state index contributed by atoms with van der Waals surface area (Å²) in [5.74, 6) is -0.300. The van der Waals surface area contributed by atoms with Gasteiger partial charge in [0.05, 0.1) is 0 Å². The predicted octanol–water partition coefficient (Wildman–Crippen LogP) is 4.67. The Kier molecular flexibility index (Phi) is 44.4. The molecule has 2 radical (unpaired) electrons. The molecule has 8 nitrogen and oxygen atoms in total. The minimum absolute atomic E-state index is 0. The number of rotatable bonds is 3. The Morgan fingerprint density at radius 2 is 1.13 bits per heavy atom. The molecule has 0 heterocycles. The molecule has 2 rings (SSSR count). The number of ether oxygens (including phenoxy) is 1. The molecular weight excluding hydrogens is 478 g/mol. The van der Waals surface area contributed by atoms with E-state index in [4.69, 9.17) is 25.0 Å². The third-order valence-corrected chi connectivity index (χ3v) is 2.19. The van der Waals surface area contributed by atoms with Crippen LogP contribution in [0.15, 0.2) is 78.9 Å². The molecule has 0 aliphatic rings. The first kappa shape index (κ1) is 42.7. The molecule has 0 unspecified atom stereocenters. The number of benzene rings is 2. The molecule has 31 heavy (non-hydrogen) atoms. The summed E-state index contributed by atoms with van der Waals surface area (Å²) in [6, 6.07) is 21.6. The second-order valence-electron chi connectivity index (χ2n) is 4.63. The van der Waals surface area contributed by atoms with Crippen LogP contribution in [0.2, 0.25) is 0 Å². The molecule has 172 valence electrons. The number of carbonyl (C=O) groups excluding carboxylic acids is 1. The van der Waals surface area contributed by atoms with Crippen LogP contribution in [-0.4, -0.2) is 29.9 Å². The largest absolute Gasteiger partial charge is 0.458 e. The maximum absolute atomic E-state index is 10.9. The number of hydrogen-bond donors (Lipinski definition) is 0. The SMILES string of the molecule is CC=CC(=O)OCc1ccccc1.C[N+](=O)[O-].C[N+](=O)[O-].[CH3-].[CH3-].[V].[V].c1ccccc1. The molecule has 0 atom stereocenters. The van der Waals surface area contributed by atoms with Gasteiger partial charge in [-0.3, -0.25) is 20.2 Å². The molecular formula is C21H30N2O6V2-2. The second kappa shape index (κ2) is 32.3. The minimum atomic E-state index is -0.500. The third-order valence-electron chi connectivity index (χ3n) is 2.19. The zero-order chi connectivity index (χ0) is 20.9. The summed E-state index contributed by atoms with van der Waals surface area (Å²) in [6.45, 7) is 2.12. The average molecular weight is 508 g/mol. The van der Waals surface area contributed by atoms with Gasteiger partial charge in [-0.05, 0) is 12.5 Å². The van der Waals surface area contributed by atoms with Crippen LogP contribution in [0.1, 0.15) is 12.5 Å². The normalized spacial score (nSPS) is 7.45. The minimum Gasteiger partial charge on any atom is -0.458 e. The monoisotopic (exact) mass is 508 g/mol. The van der Waals surface area contributed by atoms with Gasteiger partial charge >= 0.3 is 5.97 Å². The van der Waals surface area contributed by atoms with Gasteiger partial charge < -0.3 is 19.6 Å². The van der Waals surface area contributed by atoms with Gasteiger partial charge in [-0.25, -0.2) is 4.79 Å². The Labute approximate surface area is 209 Å². The summed E-state index contributed by atoms with van der Waals surface area (Å²) in [4.78, 5) is 27.5. The van der Waals surface area contributed by atoms with Crippen molar-refractivity contribution in [1.29, 1.82) is 0 Å². The zero-order valence-electron chi connectivity index (χ0n) is 18.5. The molecule has 10 heteroatoms. The van der Waals surface area contributed by atoms with Crippen LogP contribution >= 0.6 is 0 Å². The van der Waals surface area contributed by atoms with Crippen LogP contribution < -0.4 is 0 Å². The maximum Gasteiger partial charge on any atom is 0.330 e. The molecule has 0 amide bonds. The van der Waals surface area contributed by atoms with Crippen molar-refractivity contribution in [2.45, 2.75) is 13.5 Å². The summed E-state index contributed by atoms with van der Waals surface area (Å²) in [6.07, 6.45) is 3.07. The molecule has 2 aromatic rings. The van der Waals surface area contributed by atoms with E-state index in [1.807, 2.05) is 66.7 Å². The quantitative estimate of drug-likeness (QED) is 0.196. The van der Waals surface area contributed by atoms with Crippen LogP contribution in [0.25, 0.3) is 0 Å². The Hall–Kier alpha value is -2.38. The van der Waals surface area contributed by atoms with Gasteiger partial charge in [-0.15, -0.1) is 0 Å². The topological polar surface area (TPSA) is 113 Å². The molecule has 0 aliphatic carbocycles. The molecule has 0 spiro atoms. The first-order valence-corrected chi connectivity index (χ1v) is 7.79. The molecule has 0 N–H and O–H groups in total. The van der Waals surface area contributed by atoms with Crippen molar-refractivity contribution >= 4 is 5.97 Å². The zero-order valence-corrected chi connectivity index (χ0v) is 21.2. The molecule has 0 saturated carbocycles. The van der Waals surface area contributed by atoms with Gasteiger partial charge in [0.1, 0.15) is 6.61 Å². The predicted molar refractivity (Wildman–Crippen MR) is 116 cm³/mol. The van der Waals surface area contributed by atoms with Gasteiger partial charge in [0, 0.05) is 53.0 Å². The van der Waals surface area contributed by atoms with Gasteiger partial charge in [-0.1, -0.05) is 72.8 Å². The Balaban J connectivity index is -0.0000000740. The van der Waals surface area contributed by atoms with E-state index in [9.17, 15) is 4.79 Å². The Morgan fingerprint density at radius 1 is 0.839 bits per heavy atom. The summed E-state index contributed by atoms with van der Waals surface area (Å²) < 4.78 is 4.94. The fourth-order valence-corrected chi connectivity index (χ4v) is 1.30. The van der Waals surface area contributed by atoms with Crippen molar-refractivity contribution in [2.24, 2.45) is 0 Å². The molecule has 0 aliphatic heterocycles. The fourth-order valence-electron chi connectivity index (χ4n) is 1.30. The van der Waals surface area contributed by atoms with E-state index < -0.39 is 9.85 Å². The van der Waals surface area contributed by atoms with Crippen molar-refractivity contribution in [3.8, 4) is 0 Å². The number of nitrogens with zero attached hydrogens (tertiary/aromatic N) is 2. The Bertz CT molecular complexity index is 625. The van der Waals surface area contributed by atoms with E-state index in [0.717, 1.165) is 19.7 Å². The van der Waals surface area contributed by atoms with Gasteiger partial charge in [0.25, 0.3) is 0 Å². The van der Waals surface area contributed by atoms with E-state index in [-0.39, 0.29) is 57.9 Å². The summed E-state index contributed by atoms with van der Waals surface area (Å²) >= 11 is 0. The van der Waals surface area contributed by atoms with Gasteiger partial charge in [0.2, 0.25) is 0 Å². The second-order valence-corrected chi connectivity index (χ2v) is 4.63. The summed E-state index contributed by atoms with van der Waals surface area (Å²) in [5, 5.41) is 17.6. The van der Waals surface area contributed by atoms with E-state index in [1.165, 1.54) is 6.08 Å². The molecule has 0 bridgehead atoms. The third kappa shape index (κ3) is 47.1. The van der Waals surface area contributed by atoms with E-state index in [2.05, 4.69) is 0 Å². The smallest absolute Gasteiger partial charge is 0.330 e. The van der Waals surface area contributed by atoms with Crippen LogP contribution in [0.5, 0.6) is 0 Å². The van der Waals surface area contributed by atoms with E-state index >= 15 is 0 Å². The number of nitro groups is 2. The van der Waals surface area contributed by atoms with Gasteiger partial charge in [0.15, 0.2) is 14.1 Å². The standard InChI is InChI=1S/C11H12O2.C6H6.2CH3NO2.2CH3.2V/c1-2-6-11(12)13-9-10-7-4-3-5-8-10;1-2-4-6-5-3-1;2*1-2(3)4;;;;/h2-8H,9H2,1H3;1-6H;2*1H3;2*1H3;;/q;;;;2*-1;;. The molecule has 2 aromatic carbocycles. The molecule has 0 aromatic heterocycles. The summed E-state index contributed by atoms with van der Waals surface area (Å²) in [5.41, 5.74) is 1.00. The number of allylic oxidation sites excluding steroid dienone is 1. The van der Waals surface area contributed by atoms with E-state index in [1.54, 1.807) is 13.0 Å². The van der Waals surface area contributed by atoms with Gasteiger partial charge in [-0.2, -0.15) is 0 Å². The van der Waals surface area contributed by atoms with E-state index in [0.29, 0.717) is 6.61 Å². The van der Waals surface area contributed by atoms with Crippen molar-refractivity contribution in [2.75, 3.05) is 14.1 Å². The van der Waals surface area contributed by atoms with Crippen LogP contribution in [0.4, 0.5) is 0 Å². The van der Waals surface area contributed by atoms with Crippen molar-refractivity contribution in [3.63, 3.8) is 0 Å². The average Bonchev–Trinajstić information content (AvgIpc) is 2.62. The Morgan fingerprint density at radius 3 is 1.42 bits per heavy atom. The van der Waals surface area contributed by atoms with Crippen molar-refractivity contribution < 1.29 is 56.5 Å². The first-order valence-electron chi connectivity index (χ1n) is 7.79. The molecule has 0 fully saturated rings. The van der Waals surface area contributed by atoms with Crippen LogP contribution in [0.3, 0.4) is 0 Å².